The second-order valence-electron chi connectivity index (χ2n) is 3.83. The van der Waals surface area contributed by atoms with Crippen LogP contribution < -0.4 is 11.3 Å². The number of hydrogen-bond acceptors (Lipinski definition) is 3. The Morgan fingerprint density at radius 3 is 2.60 bits per heavy atom. The molecule has 0 aliphatic carbocycles. The Morgan fingerprint density at radius 1 is 1.40 bits per heavy atom. The third-order valence-electron chi connectivity index (χ3n) is 2.62. The van der Waals surface area contributed by atoms with Crippen molar-refractivity contribution in [3.63, 3.8) is 0 Å². The van der Waals surface area contributed by atoms with Gasteiger partial charge in [-0.15, -0.1) is 0 Å². The smallest absolute Gasteiger partial charge is 0.271 e. The summed E-state index contributed by atoms with van der Waals surface area (Å²) in [5.41, 5.74) is 2.52. The number of rotatable bonds is 4. The molecule has 15 heavy (non-hydrogen) atoms. The maximum Gasteiger partial charge on any atom is 0.389 e. The van der Waals surface area contributed by atoms with Gasteiger partial charge < -0.3 is 0 Å². The van der Waals surface area contributed by atoms with Crippen molar-refractivity contribution in [2.45, 2.75) is 49.6 Å². The second kappa shape index (κ2) is 5.96. The summed E-state index contributed by atoms with van der Waals surface area (Å²) in [5.74, 6) is 6.34. The summed E-state index contributed by atoms with van der Waals surface area (Å²) in [5, 5.41) is 0.242. The van der Waals surface area contributed by atoms with Crippen LogP contribution in [-0.2, 0) is 0 Å². The van der Waals surface area contributed by atoms with E-state index in [2.05, 4.69) is 5.43 Å². The standard InChI is InChI=1S/C9H17F3N2S/c10-9(11,12)5-4-7(14-13)8-3-1-2-6-15-8/h7-8,14H,1-6,13H2. The van der Waals surface area contributed by atoms with Gasteiger partial charge in [-0.25, -0.2) is 0 Å². The zero-order valence-corrected chi connectivity index (χ0v) is 9.33. The van der Waals surface area contributed by atoms with Crippen LogP contribution in [0.3, 0.4) is 0 Å². The SMILES string of the molecule is NNC(CCC(F)(F)F)C1CCCCS1. The van der Waals surface area contributed by atoms with Crippen molar-refractivity contribution in [2.75, 3.05) is 5.75 Å². The van der Waals surface area contributed by atoms with Crippen LogP contribution in [-0.4, -0.2) is 23.2 Å². The van der Waals surface area contributed by atoms with E-state index in [1.807, 2.05) is 0 Å². The molecule has 2 atom stereocenters. The highest BCUT2D eigenvalue weighted by atomic mass is 32.2. The van der Waals surface area contributed by atoms with E-state index in [-0.39, 0.29) is 17.7 Å². The number of halogens is 3. The molecule has 0 aromatic rings. The molecule has 2 nitrogen and oxygen atoms in total. The van der Waals surface area contributed by atoms with Gasteiger partial charge in [-0.1, -0.05) is 6.42 Å². The number of nitrogens with two attached hydrogens (primary N) is 1. The van der Waals surface area contributed by atoms with Gasteiger partial charge in [0.2, 0.25) is 0 Å². The number of hydrogen-bond donors (Lipinski definition) is 2. The highest BCUT2D eigenvalue weighted by Gasteiger charge is 2.31. The van der Waals surface area contributed by atoms with E-state index in [0.29, 0.717) is 0 Å². The monoisotopic (exact) mass is 242 g/mol. The van der Waals surface area contributed by atoms with Crippen molar-refractivity contribution >= 4 is 11.8 Å². The van der Waals surface area contributed by atoms with Gasteiger partial charge in [0.25, 0.3) is 0 Å². The molecule has 0 spiro atoms. The first-order valence-corrected chi connectivity index (χ1v) is 6.22. The molecule has 90 valence electrons. The summed E-state index contributed by atoms with van der Waals surface area (Å²) in [6, 6.07) is -0.211. The average Bonchev–Trinajstić information content (AvgIpc) is 2.19. The molecule has 0 saturated carbocycles. The molecule has 0 bridgehead atoms. The Balaban J connectivity index is 2.34. The van der Waals surface area contributed by atoms with Gasteiger partial charge in [0.15, 0.2) is 0 Å². The minimum Gasteiger partial charge on any atom is -0.271 e. The van der Waals surface area contributed by atoms with Crippen molar-refractivity contribution in [3.8, 4) is 0 Å². The Labute approximate surface area is 92.1 Å². The zero-order chi connectivity index (χ0) is 11.3. The summed E-state index contributed by atoms with van der Waals surface area (Å²) >= 11 is 1.74. The third kappa shape index (κ3) is 5.08. The van der Waals surface area contributed by atoms with Gasteiger partial charge in [0, 0.05) is 17.7 Å². The first kappa shape index (κ1) is 13.1. The van der Waals surface area contributed by atoms with E-state index in [4.69, 9.17) is 5.84 Å². The fraction of sp³-hybridized carbons (Fsp3) is 1.00. The number of thioether (sulfide) groups is 1. The molecule has 6 heteroatoms. The molecule has 1 fully saturated rings. The minimum atomic E-state index is -4.07. The first-order chi connectivity index (χ1) is 7.03. The van der Waals surface area contributed by atoms with Crippen LogP contribution in [0.15, 0.2) is 0 Å². The van der Waals surface area contributed by atoms with Crippen molar-refractivity contribution in [3.05, 3.63) is 0 Å². The lowest BCUT2D eigenvalue weighted by atomic mass is 10.0. The Hall–Kier alpha value is 0.0600. The molecule has 0 amide bonds. The van der Waals surface area contributed by atoms with E-state index < -0.39 is 12.6 Å². The lowest BCUT2D eigenvalue weighted by Gasteiger charge is -2.29. The lowest BCUT2D eigenvalue weighted by molar-refractivity contribution is -0.136. The summed E-state index contributed by atoms with van der Waals surface area (Å²) < 4.78 is 36.1. The van der Waals surface area contributed by atoms with Gasteiger partial charge in [0.1, 0.15) is 0 Å². The lowest BCUT2D eigenvalue weighted by Crippen LogP contribution is -2.44. The predicted molar refractivity (Wildman–Crippen MR) is 56.5 cm³/mol. The second-order valence-corrected chi connectivity index (χ2v) is 5.18. The summed E-state index contributed by atoms with van der Waals surface area (Å²) in [6.45, 7) is 0. The van der Waals surface area contributed by atoms with Crippen molar-refractivity contribution in [1.82, 2.24) is 5.43 Å². The number of nitrogens with one attached hydrogen (secondary N) is 1. The van der Waals surface area contributed by atoms with Crippen molar-refractivity contribution < 1.29 is 13.2 Å². The topological polar surface area (TPSA) is 38.0 Å². The van der Waals surface area contributed by atoms with Crippen LogP contribution >= 0.6 is 11.8 Å². The van der Waals surface area contributed by atoms with Crippen LogP contribution in [0.1, 0.15) is 32.1 Å². The van der Waals surface area contributed by atoms with Gasteiger partial charge in [-0.3, -0.25) is 11.3 Å². The van der Waals surface area contributed by atoms with Crippen molar-refractivity contribution in [2.24, 2.45) is 5.84 Å². The Kier molecular flexibility index (Phi) is 5.22. The van der Waals surface area contributed by atoms with Crippen LogP contribution in [0.25, 0.3) is 0 Å². The van der Waals surface area contributed by atoms with Crippen LogP contribution in [0, 0.1) is 0 Å². The third-order valence-corrected chi connectivity index (χ3v) is 4.13. The van der Waals surface area contributed by atoms with E-state index in [9.17, 15) is 13.2 Å². The quantitative estimate of drug-likeness (QED) is 0.587. The molecule has 3 N–H and O–H groups in total. The molecule has 1 rings (SSSR count). The maximum atomic E-state index is 12.0. The van der Waals surface area contributed by atoms with Gasteiger partial charge in [-0.2, -0.15) is 24.9 Å². The molecule has 0 radical (unpaired) electrons. The van der Waals surface area contributed by atoms with Gasteiger partial charge in [-0.05, 0) is 25.0 Å². The summed E-state index contributed by atoms with van der Waals surface area (Å²) in [7, 11) is 0. The number of hydrazine groups is 1. The minimum absolute atomic E-state index is 0.0810. The number of alkyl halides is 3. The van der Waals surface area contributed by atoms with E-state index in [1.54, 1.807) is 11.8 Å². The largest absolute Gasteiger partial charge is 0.389 e. The summed E-state index contributed by atoms with van der Waals surface area (Å²) in [6.07, 6.45) is -1.51. The highest BCUT2D eigenvalue weighted by molar-refractivity contribution is 8.00. The first-order valence-electron chi connectivity index (χ1n) is 5.17. The van der Waals surface area contributed by atoms with E-state index >= 15 is 0 Å². The van der Waals surface area contributed by atoms with Crippen LogP contribution in [0.5, 0.6) is 0 Å². The predicted octanol–water partition coefficient (Wildman–Crippen LogP) is 2.45. The molecule has 1 aliphatic rings. The molecule has 1 aliphatic heterocycles. The van der Waals surface area contributed by atoms with E-state index in [0.717, 1.165) is 25.0 Å². The fourth-order valence-electron chi connectivity index (χ4n) is 1.78. The van der Waals surface area contributed by atoms with Crippen LogP contribution in [0.2, 0.25) is 0 Å². The molecule has 1 heterocycles. The zero-order valence-electron chi connectivity index (χ0n) is 8.52. The highest BCUT2D eigenvalue weighted by Crippen LogP contribution is 2.31. The van der Waals surface area contributed by atoms with Crippen LogP contribution in [0.4, 0.5) is 13.2 Å². The summed E-state index contributed by atoms with van der Waals surface area (Å²) in [4.78, 5) is 0. The Bertz CT molecular complexity index is 181. The molecule has 2 unspecified atom stereocenters. The normalized spacial score (nSPS) is 25.2. The average molecular weight is 242 g/mol. The van der Waals surface area contributed by atoms with E-state index in [1.165, 1.54) is 0 Å². The Morgan fingerprint density at radius 2 is 2.13 bits per heavy atom. The van der Waals surface area contributed by atoms with Gasteiger partial charge in [0.05, 0.1) is 0 Å². The molecule has 0 aromatic heterocycles. The fourth-order valence-corrected chi connectivity index (χ4v) is 3.23. The molecular formula is C9H17F3N2S. The van der Waals surface area contributed by atoms with Gasteiger partial charge >= 0.3 is 6.18 Å². The maximum absolute atomic E-state index is 12.0. The van der Waals surface area contributed by atoms with Crippen molar-refractivity contribution in [1.29, 1.82) is 0 Å². The molecule has 1 saturated heterocycles. The molecular weight excluding hydrogens is 225 g/mol. The molecule has 0 aromatic carbocycles.